The van der Waals surface area contributed by atoms with E-state index in [1.807, 2.05) is 37.3 Å². The van der Waals surface area contributed by atoms with Gasteiger partial charge in [0, 0.05) is 5.56 Å². The lowest BCUT2D eigenvalue weighted by molar-refractivity contribution is 0.0708. The molecule has 0 radical (unpaired) electrons. The third kappa shape index (κ3) is 3.82. The van der Waals surface area contributed by atoms with Crippen LogP contribution in [0.1, 0.15) is 34.3 Å². The molecule has 2 atom stereocenters. The summed E-state index contributed by atoms with van der Waals surface area (Å²) in [5, 5.41) is 0. The summed E-state index contributed by atoms with van der Waals surface area (Å²) in [6, 6.07) is 17.3. The van der Waals surface area contributed by atoms with Crippen LogP contribution in [0, 0.1) is 6.92 Å². The zero-order chi connectivity index (χ0) is 16.9. The van der Waals surface area contributed by atoms with Gasteiger partial charge in [0.2, 0.25) is 11.9 Å². The van der Waals surface area contributed by atoms with Crippen LogP contribution >= 0.6 is 0 Å². The molecule has 0 bridgehead atoms. The van der Waals surface area contributed by atoms with E-state index in [9.17, 15) is 9.59 Å². The van der Waals surface area contributed by atoms with Crippen molar-refractivity contribution in [2.45, 2.75) is 38.4 Å². The molecule has 0 spiro atoms. The van der Waals surface area contributed by atoms with Gasteiger partial charge in [-0.05, 0) is 31.7 Å². The summed E-state index contributed by atoms with van der Waals surface area (Å²) in [5.74, 6) is -0.203. The van der Waals surface area contributed by atoms with Crippen molar-refractivity contribution in [3.63, 3.8) is 0 Å². The smallest absolute Gasteiger partial charge is 0.426 e. The molecular formula is C20H20O4. The largest absolute Gasteiger partial charge is 0.509 e. The van der Waals surface area contributed by atoms with E-state index in [2.05, 4.69) is 12.1 Å². The maximum Gasteiger partial charge on any atom is 0.509 e. The molecule has 1 saturated heterocycles. The molecule has 1 aliphatic rings. The quantitative estimate of drug-likeness (QED) is 0.593. The van der Waals surface area contributed by atoms with Gasteiger partial charge < -0.3 is 9.47 Å². The molecule has 0 aliphatic carbocycles. The van der Waals surface area contributed by atoms with Crippen LogP contribution in [0.3, 0.4) is 0 Å². The summed E-state index contributed by atoms with van der Waals surface area (Å²) in [5.41, 5.74) is 2.84. The maximum absolute atomic E-state index is 12.6. The van der Waals surface area contributed by atoms with Crippen molar-refractivity contribution in [2.24, 2.45) is 0 Å². The summed E-state index contributed by atoms with van der Waals surface area (Å²) in [6.07, 6.45) is 0.169. The average Bonchev–Trinajstić information content (AvgIpc) is 2.96. The van der Waals surface area contributed by atoms with Crippen LogP contribution in [0.2, 0.25) is 0 Å². The van der Waals surface area contributed by atoms with Gasteiger partial charge in [0.25, 0.3) is 0 Å². The van der Waals surface area contributed by atoms with Crippen LogP contribution in [-0.2, 0) is 15.9 Å². The Bertz CT molecular complexity index is 706. The van der Waals surface area contributed by atoms with Crippen LogP contribution in [-0.4, -0.2) is 24.1 Å². The SMILES string of the molecule is Cc1ccc(C(=O)[C@@H]2OC(=O)O[C@@H]2CCCc2ccccc2)cc1. The predicted molar refractivity (Wildman–Crippen MR) is 90.0 cm³/mol. The van der Waals surface area contributed by atoms with Gasteiger partial charge in [0.15, 0.2) is 0 Å². The van der Waals surface area contributed by atoms with Crippen LogP contribution < -0.4 is 0 Å². The monoisotopic (exact) mass is 324 g/mol. The van der Waals surface area contributed by atoms with E-state index in [-0.39, 0.29) is 5.78 Å². The van der Waals surface area contributed by atoms with Gasteiger partial charge in [-0.3, -0.25) is 4.79 Å². The molecule has 1 aliphatic heterocycles. The van der Waals surface area contributed by atoms with E-state index < -0.39 is 18.4 Å². The Morgan fingerprint density at radius 3 is 2.42 bits per heavy atom. The topological polar surface area (TPSA) is 52.6 Å². The van der Waals surface area contributed by atoms with E-state index in [4.69, 9.17) is 9.47 Å². The van der Waals surface area contributed by atoms with Crippen molar-refractivity contribution in [3.05, 3.63) is 71.3 Å². The highest BCUT2D eigenvalue weighted by atomic mass is 16.8. The molecule has 1 heterocycles. The number of ether oxygens (including phenoxy) is 2. The number of benzene rings is 2. The number of rotatable bonds is 6. The Kier molecular flexibility index (Phi) is 4.94. The van der Waals surface area contributed by atoms with Crippen LogP contribution in [0.4, 0.5) is 4.79 Å². The van der Waals surface area contributed by atoms with Gasteiger partial charge in [0.05, 0.1) is 0 Å². The number of hydrogen-bond donors (Lipinski definition) is 0. The van der Waals surface area contributed by atoms with E-state index in [1.165, 1.54) is 5.56 Å². The van der Waals surface area contributed by atoms with Gasteiger partial charge in [-0.2, -0.15) is 0 Å². The summed E-state index contributed by atoms with van der Waals surface area (Å²) >= 11 is 0. The molecule has 0 N–H and O–H groups in total. The first-order valence-corrected chi connectivity index (χ1v) is 8.15. The Balaban J connectivity index is 1.62. The fraction of sp³-hybridized carbons (Fsp3) is 0.300. The zero-order valence-corrected chi connectivity index (χ0v) is 13.6. The Hall–Kier alpha value is -2.62. The van der Waals surface area contributed by atoms with Crippen LogP contribution in [0.15, 0.2) is 54.6 Å². The van der Waals surface area contributed by atoms with E-state index >= 15 is 0 Å². The minimum absolute atomic E-state index is 0.203. The van der Waals surface area contributed by atoms with Crippen molar-refractivity contribution in [3.8, 4) is 0 Å². The number of carbonyl (C=O) groups excluding carboxylic acids is 2. The fourth-order valence-corrected chi connectivity index (χ4v) is 2.86. The lowest BCUT2D eigenvalue weighted by atomic mass is 9.97. The standard InChI is InChI=1S/C20H20O4/c1-14-10-12-16(13-11-14)18(21)19-17(23-20(22)24-19)9-5-8-15-6-3-2-4-7-15/h2-4,6-7,10-13,17,19H,5,8-9H2,1H3/t17-,19-/m1/s1. The molecular weight excluding hydrogens is 304 g/mol. The molecule has 0 unspecified atom stereocenters. The molecule has 0 amide bonds. The highest BCUT2D eigenvalue weighted by Crippen LogP contribution is 2.24. The van der Waals surface area contributed by atoms with Crippen molar-refractivity contribution >= 4 is 11.9 Å². The molecule has 24 heavy (non-hydrogen) atoms. The molecule has 124 valence electrons. The number of Topliss-reactive ketones (excluding diaryl/α,β-unsaturated/α-hetero) is 1. The van der Waals surface area contributed by atoms with Gasteiger partial charge in [0.1, 0.15) is 6.10 Å². The third-order valence-corrected chi connectivity index (χ3v) is 4.20. The Morgan fingerprint density at radius 1 is 1.00 bits per heavy atom. The Morgan fingerprint density at radius 2 is 1.71 bits per heavy atom. The average molecular weight is 324 g/mol. The summed E-state index contributed by atoms with van der Waals surface area (Å²) in [6.45, 7) is 1.96. The zero-order valence-electron chi connectivity index (χ0n) is 13.6. The molecule has 2 aromatic rings. The third-order valence-electron chi connectivity index (χ3n) is 4.20. The van der Waals surface area contributed by atoms with Gasteiger partial charge in [-0.15, -0.1) is 0 Å². The highest BCUT2D eigenvalue weighted by molar-refractivity contribution is 6.01. The fourth-order valence-electron chi connectivity index (χ4n) is 2.86. The van der Waals surface area contributed by atoms with Crippen molar-refractivity contribution in [2.75, 3.05) is 0 Å². The molecule has 1 fully saturated rings. The predicted octanol–water partition coefficient (Wildman–Crippen LogP) is 4.10. The number of hydrogen-bond acceptors (Lipinski definition) is 4. The maximum atomic E-state index is 12.6. The first-order chi connectivity index (χ1) is 11.6. The number of cyclic esters (lactones) is 2. The molecule has 0 saturated carbocycles. The van der Waals surface area contributed by atoms with Crippen LogP contribution in [0.25, 0.3) is 0 Å². The lowest BCUT2D eigenvalue weighted by Crippen LogP contribution is -2.31. The summed E-state index contributed by atoms with van der Waals surface area (Å²) in [7, 11) is 0. The number of ketones is 1. The number of carbonyl (C=O) groups is 2. The van der Waals surface area contributed by atoms with E-state index in [0.29, 0.717) is 12.0 Å². The molecule has 0 aromatic heterocycles. The normalized spacial score (nSPS) is 19.6. The van der Waals surface area contributed by atoms with Gasteiger partial charge in [-0.25, -0.2) is 4.79 Å². The second kappa shape index (κ2) is 7.30. The second-order valence-electron chi connectivity index (χ2n) is 6.05. The lowest BCUT2D eigenvalue weighted by Gasteiger charge is -2.14. The highest BCUT2D eigenvalue weighted by Gasteiger charge is 2.41. The van der Waals surface area contributed by atoms with E-state index in [1.54, 1.807) is 12.1 Å². The van der Waals surface area contributed by atoms with Crippen molar-refractivity contribution < 1.29 is 19.1 Å². The summed E-state index contributed by atoms with van der Waals surface area (Å²) in [4.78, 5) is 24.1. The summed E-state index contributed by atoms with van der Waals surface area (Å²) < 4.78 is 10.3. The minimum Gasteiger partial charge on any atom is -0.426 e. The number of aryl methyl sites for hydroxylation is 2. The van der Waals surface area contributed by atoms with E-state index in [0.717, 1.165) is 18.4 Å². The second-order valence-corrected chi connectivity index (χ2v) is 6.05. The molecule has 2 aromatic carbocycles. The molecule has 4 nitrogen and oxygen atoms in total. The van der Waals surface area contributed by atoms with Crippen LogP contribution in [0.5, 0.6) is 0 Å². The van der Waals surface area contributed by atoms with Crippen molar-refractivity contribution in [1.82, 2.24) is 0 Å². The van der Waals surface area contributed by atoms with Gasteiger partial charge in [-0.1, -0.05) is 60.2 Å². The van der Waals surface area contributed by atoms with Gasteiger partial charge >= 0.3 is 6.16 Å². The Labute approximate surface area is 141 Å². The first-order valence-electron chi connectivity index (χ1n) is 8.15. The molecule has 3 rings (SSSR count). The van der Waals surface area contributed by atoms with Crippen molar-refractivity contribution in [1.29, 1.82) is 0 Å². The molecule has 4 heteroatoms. The first kappa shape index (κ1) is 16.2. The minimum atomic E-state index is -0.851.